The van der Waals surface area contributed by atoms with Gasteiger partial charge in [-0.1, -0.05) is 13.8 Å². The maximum absolute atomic E-state index is 12.7. The van der Waals surface area contributed by atoms with Crippen LogP contribution in [0.4, 0.5) is 11.5 Å². The van der Waals surface area contributed by atoms with Gasteiger partial charge in [0.2, 0.25) is 11.7 Å². The molecule has 0 radical (unpaired) electrons. The number of aromatic nitrogens is 1. The molecule has 0 saturated carbocycles. The Labute approximate surface area is 129 Å². The summed E-state index contributed by atoms with van der Waals surface area (Å²) in [5, 5.41) is 17.2. The highest BCUT2D eigenvalue weighted by Gasteiger charge is 2.30. The molecule has 8 nitrogen and oxygen atoms in total. The largest absolute Gasteiger partial charge is 0.352 e. The lowest BCUT2D eigenvalue weighted by atomic mass is 10.0. The standard InChI is InChI=1S/C14H21N5O3/c1-10(2)12(14(20)18-8-6-15-7-9-18)17-13-11(19(21)22)4-3-5-16-13/h3-5,10,12,15H,6-9H2,1-2H3,(H,16,17). The van der Waals surface area contributed by atoms with E-state index >= 15 is 0 Å². The molecule has 0 spiro atoms. The van der Waals surface area contributed by atoms with Gasteiger partial charge in [0, 0.05) is 38.4 Å². The molecule has 1 aromatic heterocycles. The van der Waals surface area contributed by atoms with Gasteiger partial charge in [0.25, 0.3) is 0 Å². The Balaban J connectivity index is 2.18. The fourth-order valence-electron chi connectivity index (χ4n) is 2.40. The Bertz CT molecular complexity index is 543. The predicted molar refractivity (Wildman–Crippen MR) is 82.6 cm³/mol. The maximum Gasteiger partial charge on any atom is 0.311 e. The van der Waals surface area contributed by atoms with Crippen molar-refractivity contribution in [2.45, 2.75) is 19.9 Å². The highest BCUT2D eigenvalue weighted by molar-refractivity contribution is 5.85. The minimum atomic E-state index is -0.535. The van der Waals surface area contributed by atoms with Crippen molar-refractivity contribution >= 4 is 17.4 Å². The van der Waals surface area contributed by atoms with Gasteiger partial charge in [-0.15, -0.1) is 0 Å². The smallest absolute Gasteiger partial charge is 0.311 e. The summed E-state index contributed by atoms with van der Waals surface area (Å²) in [5.41, 5.74) is -0.124. The molecule has 0 bridgehead atoms. The Morgan fingerprint density at radius 1 is 1.45 bits per heavy atom. The average molecular weight is 307 g/mol. The van der Waals surface area contributed by atoms with Crippen LogP contribution in [0, 0.1) is 16.0 Å². The van der Waals surface area contributed by atoms with Crippen LogP contribution < -0.4 is 10.6 Å². The van der Waals surface area contributed by atoms with Gasteiger partial charge in [0.1, 0.15) is 6.04 Å². The molecule has 1 aliphatic heterocycles. The Morgan fingerprint density at radius 3 is 2.73 bits per heavy atom. The molecule has 1 atom stereocenters. The van der Waals surface area contributed by atoms with Crippen LogP contribution in [0.5, 0.6) is 0 Å². The molecular formula is C14H21N5O3. The van der Waals surface area contributed by atoms with E-state index in [1.54, 1.807) is 4.90 Å². The van der Waals surface area contributed by atoms with Crippen molar-refractivity contribution < 1.29 is 9.72 Å². The van der Waals surface area contributed by atoms with E-state index in [1.807, 2.05) is 13.8 Å². The van der Waals surface area contributed by atoms with Crippen LogP contribution in [0.3, 0.4) is 0 Å². The fraction of sp³-hybridized carbons (Fsp3) is 0.571. The Hall–Kier alpha value is -2.22. The summed E-state index contributed by atoms with van der Waals surface area (Å²) >= 11 is 0. The molecule has 2 rings (SSSR count). The molecule has 2 heterocycles. The highest BCUT2D eigenvalue weighted by Crippen LogP contribution is 2.23. The minimum Gasteiger partial charge on any atom is -0.352 e. The van der Waals surface area contributed by atoms with E-state index in [0.717, 1.165) is 13.1 Å². The first-order valence-corrected chi connectivity index (χ1v) is 7.36. The molecule has 0 aliphatic carbocycles. The molecule has 22 heavy (non-hydrogen) atoms. The summed E-state index contributed by atoms with van der Waals surface area (Å²) < 4.78 is 0. The van der Waals surface area contributed by atoms with E-state index in [0.29, 0.717) is 13.1 Å². The lowest BCUT2D eigenvalue weighted by molar-refractivity contribution is -0.384. The summed E-state index contributed by atoms with van der Waals surface area (Å²) in [6.45, 7) is 6.64. The van der Waals surface area contributed by atoms with Crippen molar-refractivity contribution in [1.29, 1.82) is 0 Å². The van der Waals surface area contributed by atoms with Gasteiger partial charge in [-0.3, -0.25) is 14.9 Å². The van der Waals surface area contributed by atoms with Crippen LogP contribution in [-0.4, -0.2) is 52.9 Å². The summed E-state index contributed by atoms with van der Waals surface area (Å²) in [5.74, 6) is 0.0788. The van der Waals surface area contributed by atoms with Crippen LogP contribution in [-0.2, 0) is 4.79 Å². The van der Waals surface area contributed by atoms with Crippen molar-refractivity contribution in [3.8, 4) is 0 Å². The molecule has 8 heteroatoms. The van der Waals surface area contributed by atoms with Crippen molar-refractivity contribution in [2.24, 2.45) is 5.92 Å². The summed E-state index contributed by atoms with van der Waals surface area (Å²) in [6.07, 6.45) is 1.47. The molecule has 1 saturated heterocycles. The third kappa shape index (κ3) is 3.70. The van der Waals surface area contributed by atoms with E-state index in [4.69, 9.17) is 0 Å². The summed E-state index contributed by atoms with van der Waals surface area (Å²) in [7, 11) is 0. The minimum absolute atomic E-state index is 0.0102. The average Bonchev–Trinajstić information content (AvgIpc) is 2.52. The van der Waals surface area contributed by atoms with E-state index in [2.05, 4.69) is 15.6 Å². The summed E-state index contributed by atoms with van der Waals surface area (Å²) in [4.78, 5) is 29.0. The highest BCUT2D eigenvalue weighted by atomic mass is 16.6. The number of nitro groups is 1. The van der Waals surface area contributed by atoms with Crippen LogP contribution in [0.25, 0.3) is 0 Å². The van der Waals surface area contributed by atoms with Crippen LogP contribution in [0.2, 0.25) is 0 Å². The number of amides is 1. The van der Waals surface area contributed by atoms with Crippen LogP contribution >= 0.6 is 0 Å². The second kappa shape index (κ2) is 7.17. The first-order valence-electron chi connectivity index (χ1n) is 7.36. The molecule has 1 fully saturated rings. The second-order valence-electron chi connectivity index (χ2n) is 5.57. The van der Waals surface area contributed by atoms with Gasteiger partial charge in [-0.25, -0.2) is 4.98 Å². The molecule has 120 valence electrons. The van der Waals surface area contributed by atoms with E-state index in [-0.39, 0.29) is 23.3 Å². The number of anilines is 1. The SMILES string of the molecule is CC(C)C(Nc1ncccc1[N+](=O)[O-])C(=O)N1CCNCC1. The number of carbonyl (C=O) groups excluding carboxylic acids is 1. The zero-order valence-corrected chi connectivity index (χ0v) is 12.8. The topological polar surface area (TPSA) is 100 Å². The molecule has 0 aromatic carbocycles. The van der Waals surface area contributed by atoms with Crippen LogP contribution in [0.1, 0.15) is 13.8 Å². The number of carbonyl (C=O) groups is 1. The van der Waals surface area contributed by atoms with E-state index in [9.17, 15) is 14.9 Å². The molecule has 1 aromatic rings. The van der Waals surface area contributed by atoms with Gasteiger partial charge in [-0.2, -0.15) is 0 Å². The number of nitrogens with one attached hydrogen (secondary N) is 2. The number of hydrogen-bond acceptors (Lipinski definition) is 6. The normalized spacial score (nSPS) is 16.4. The van der Waals surface area contributed by atoms with Crippen LogP contribution in [0.15, 0.2) is 18.3 Å². The first-order chi connectivity index (χ1) is 10.5. The molecule has 1 aliphatic rings. The van der Waals surface area contributed by atoms with Gasteiger partial charge >= 0.3 is 5.69 Å². The Kier molecular flexibility index (Phi) is 5.26. The fourth-order valence-corrected chi connectivity index (χ4v) is 2.40. The van der Waals surface area contributed by atoms with Crippen molar-refractivity contribution in [3.05, 3.63) is 28.4 Å². The van der Waals surface area contributed by atoms with Crippen molar-refractivity contribution in [2.75, 3.05) is 31.5 Å². The summed E-state index contributed by atoms with van der Waals surface area (Å²) in [6, 6.07) is 2.35. The zero-order chi connectivity index (χ0) is 16.1. The van der Waals surface area contributed by atoms with Gasteiger partial charge in [-0.05, 0) is 12.0 Å². The number of hydrogen-bond donors (Lipinski definition) is 2. The predicted octanol–water partition coefficient (Wildman–Crippen LogP) is 0.858. The van der Waals surface area contributed by atoms with E-state index in [1.165, 1.54) is 18.3 Å². The zero-order valence-electron chi connectivity index (χ0n) is 12.8. The monoisotopic (exact) mass is 307 g/mol. The third-order valence-electron chi connectivity index (χ3n) is 3.64. The molecule has 1 unspecified atom stereocenters. The number of pyridine rings is 1. The van der Waals surface area contributed by atoms with Crippen molar-refractivity contribution in [3.63, 3.8) is 0 Å². The molecule has 1 amide bonds. The quantitative estimate of drug-likeness (QED) is 0.618. The third-order valence-corrected chi connectivity index (χ3v) is 3.64. The van der Waals surface area contributed by atoms with Gasteiger partial charge in [0.15, 0.2) is 0 Å². The van der Waals surface area contributed by atoms with E-state index < -0.39 is 11.0 Å². The number of piperazine rings is 1. The lowest BCUT2D eigenvalue weighted by Gasteiger charge is -2.32. The first kappa shape index (κ1) is 16.2. The number of nitrogens with zero attached hydrogens (tertiary/aromatic N) is 3. The van der Waals surface area contributed by atoms with Gasteiger partial charge in [0.05, 0.1) is 4.92 Å². The Morgan fingerprint density at radius 2 is 2.14 bits per heavy atom. The van der Waals surface area contributed by atoms with Gasteiger partial charge < -0.3 is 15.5 Å². The van der Waals surface area contributed by atoms with Crippen molar-refractivity contribution in [1.82, 2.24) is 15.2 Å². The maximum atomic E-state index is 12.7. The molecular weight excluding hydrogens is 286 g/mol. The molecule has 2 N–H and O–H groups in total. The number of rotatable bonds is 5. The lowest BCUT2D eigenvalue weighted by Crippen LogP contribution is -2.52. The second-order valence-corrected chi connectivity index (χ2v) is 5.57.